The Morgan fingerprint density at radius 3 is 2.40 bits per heavy atom. The molecule has 0 saturated carbocycles. The maximum atomic E-state index is 10.7. The van der Waals surface area contributed by atoms with Crippen LogP contribution in [0, 0.1) is 5.21 Å². The molecule has 5 nitrogen and oxygen atoms in total. The van der Waals surface area contributed by atoms with Crippen molar-refractivity contribution in [1.29, 1.82) is 0 Å². The SMILES string of the molecule is CO/N=[N+](\[O-])N(C)C(C)C. The number of nitrogens with zero attached hydrogens (tertiary/aromatic N) is 3. The van der Waals surface area contributed by atoms with Crippen LogP contribution >= 0.6 is 0 Å². The third-order valence-electron chi connectivity index (χ3n) is 1.17. The lowest BCUT2D eigenvalue weighted by molar-refractivity contribution is -0.710. The average molecular weight is 147 g/mol. The molecule has 0 aliphatic carbocycles. The summed E-state index contributed by atoms with van der Waals surface area (Å²) in [6, 6.07) is 0.122. The van der Waals surface area contributed by atoms with Crippen LogP contribution in [0.2, 0.25) is 0 Å². The summed E-state index contributed by atoms with van der Waals surface area (Å²) in [4.78, 5) is 4.68. The predicted molar refractivity (Wildman–Crippen MR) is 36.0 cm³/mol. The molecular formula is C5H13N3O2. The lowest BCUT2D eigenvalue weighted by atomic mass is 10.4. The molecule has 0 fully saturated rings. The molecule has 60 valence electrons. The predicted octanol–water partition coefficient (Wildman–Crippen LogP) is 0.766. The Hall–Kier alpha value is -1.00. The van der Waals surface area contributed by atoms with Crippen molar-refractivity contribution in [2.75, 3.05) is 14.2 Å². The molecule has 0 atom stereocenters. The monoisotopic (exact) mass is 147 g/mol. The molecule has 0 aliphatic heterocycles. The van der Waals surface area contributed by atoms with E-state index in [-0.39, 0.29) is 6.04 Å². The van der Waals surface area contributed by atoms with Crippen LogP contribution in [0.3, 0.4) is 0 Å². The van der Waals surface area contributed by atoms with Crippen LogP contribution in [0.4, 0.5) is 0 Å². The molecule has 0 aromatic rings. The van der Waals surface area contributed by atoms with E-state index in [1.807, 2.05) is 13.8 Å². The lowest BCUT2D eigenvalue weighted by Crippen LogP contribution is -2.32. The van der Waals surface area contributed by atoms with E-state index < -0.39 is 0 Å². The normalized spacial score (nSPS) is 11.9. The summed E-state index contributed by atoms with van der Waals surface area (Å²) in [7, 11) is 2.97. The zero-order valence-electron chi connectivity index (χ0n) is 6.74. The number of hydrogen-bond acceptors (Lipinski definition) is 3. The minimum absolute atomic E-state index is 0.122. The molecule has 0 rings (SSSR count). The summed E-state index contributed by atoms with van der Waals surface area (Å²) in [5.41, 5.74) is 0. The van der Waals surface area contributed by atoms with Gasteiger partial charge in [0, 0.05) is 0 Å². The second-order valence-electron chi connectivity index (χ2n) is 2.18. The number of hydrogen-bond donors (Lipinski definition) is 0. The van der Waals surface area contributed by atoms with Gasteiger partial charge < -0.3 is 10.0 Å². The van der Waals surface area contributed by atoms with Gasteiger partial charge >= 0.3 is 0 Å². The first-order valence-electron chi connectivity index (χ1n) is 3.03. The van der Waals surface area contributed by atoms with E-state index in [0.717, 1.165) is 0 Å². The Morgan fingerprint density at radius 2 is 2.10 bits per heavy atom. The second-order valence-corrected chi connectivity index (χ2v) is 2.18. The van der Waals surface area contributed by atoms with Crippen molar-refractivity contribution < 1.29 is 9.81 Å². The Bertz CT molecular complexity index is 124. The molecular weight excluding hydrogens is 134 g/mol. The van der Waals surface area contributed by atoms with Crippen molar-refractivity contribution in [2.45, 2.75) is 19.9 Å². The maximum Gasteiger partial charge on any atom is 0.232 e. The first kappa shape index (κ1) is 9.00. The highest BCUT2D eigenvalue weighted by Gasteiger charge is 2.09. The Labute approximate surface area is 60.4 Å². The molecule has 0 aromatic carbocycles. The molecule has 0 radical (unpaired) electrons. The van der Waals surface area contributed by atoms with E-state index in [9.17, 15) is 5.21 Å². The zero-order valence-corrected chi connectivity index (χ0v) is 6.74. The summed E-state index contributed by atoms with van der Waals surface area (Å²) in [6.07, 6.45) is 0. The molecule has 0 bridgehead atoms. The fourth-order valence-corrected chi connectivity index (χ4v) is 0.325. The minimum atomic E-state index is 0.122. The van der Waals surface area contributed by atoms with Gasteiger partial charge in [-0.3, -0.25) is 0 Å². The third-order valence-corrected chi connectivity index (χ3v) is 1.17. The van der Waals surface area contributed by atoms with Gasteiger partial charge in [-0.25, -0.2) is 0 Å². The molecule has 0 amide bonds. The minimum Gasteiger partial charge on any atom is -0.569 e. The van der Waals surface area contributed by atoms with Crippen LogP contribution in [-0.2, 0) is 4.84 Å². The van der Waals surface area contributed by atoms with Gasteiger partial charge in [0.25, 0.3) is 0 Å². The Kier molecular flexibility index (Phi) is 3.53. The van der Waals surface area contributed by atoms with Gasteiger partial charge in [0.1, 0.15) is 7.11 Å². The van der Waals surface area contributed by atoms with Crippen molar-refractivity contribution in [3.05, 3.63) is 5.21 Å². The molecule has 0 unspecified atom stereocenters. The fraction of sp³-hybridized carbons (Fsp3) is 1.00. The number of rotatable bonds is 3. The molecule has 5 heteroatoms. The molecule has 0 N–H and O–H groups in total. The molecule has 0 spiro atoms. The molecule has 10 heavy (non-hydrogen) atoms. The summed E-state index contributed by atoms with van der Waals surface area (Å²) in [5, 5.41) is 15.3. The summed E-state index contributed by atoms with van der Waals surface area (Å²) < 4.78 is 0. The van der Waals surface area contributed by atoms with Gasteiger partial charge in [-0.15, -0.1) is 5.01 Å². The molecule has 0 aromatic heterocycles. The highest BCUT2D eigenvalue weighted by molar-refractivity contribution is 4.41. The molecule has 0 heterocycles. The third kappa shape index (κ3) is 2.52. The average Bonchev–Trinajstić information content (AvgIpc) is 1.87. The zero-order chi connectivity index (χ0) is 8.15. The van der Waals surface area contributed by atoms with Gasteiger partial charge in [0.05, 0.1) is 18.1 Å². The van der Waals surface area contributed by atoms with E-state index in [1.165, 1.54) is 12.1 Å². The topological polar surface area (TPSA) is 50.9 Å². The standard InChI is InChI=1S/C5H13N3O2/c1-5(2)7(3)8(9)6-10-4/h5H,1-4H3/b8-6-. The smallest absolute Gasteiger partial charge is 0.232 e. The van der Waals surface area contributed by atoms with Crippen molar-refractivity contribution in [3.63, 3.8) is 0 Å². The highest BCUT2D eigenvalue weighted by atomic mass is 16.7. The van der Waals surface area contributed by atoms with Gasteiger partial charge in [-0.1, -0.05) is 0 Å². The van der Waals surface area contributed by atoms with Gasteiger partial charge in [0.2, 0.25) is 5.28 Å². The largest absolute Gasteiger partial charge is 0.569 e. The van der Waals surface area contributed by atoms with Crippen LogP contribution in [0.15, 0.2) is 5.28 Å². The molecule has 0 aliphatic rings. The van der Waals surface area contributed by atoms with Crippen molar-refractivity contribution in [1.82, 2.24) is 5.01 Å². The first-order chi connectivity index (χ1) is 4.59. The van der Waals surface area contributed by atoms with Crippen molar-refractivity contribution in [2.24, 2.45) is 5.28 Å². The van der Waals surface area contributed by atoms with E-state index in [2.05, 4.69) is 10.1 Å². The van der Waals surface area contributed by atoms with Crippen LogP contribution in [-0.4, -0.2) is 30.2 Å². The number of hydrazine groups is 1. The Balaban J connectivity index is 3.93. The van der Waals surface area contributed by atoms with Crippen LogP contribution in [0.25, 0.3) is 0 Å². The summed E-state index contributed by atoms with van der Waals surface area (Å²) >= 11 is 0. The van der Waals surface area contributed by atoms with Crippen LogP contribution in [0.5, 0.6) is 0 Å². The van der Waals surface area contributed by atoms with Crippen molar-refractivity contribution in [3.8, 4) is 0 Å². The summed E-state index contributed by atoms with van der Waals surface area (Å²) in [6.45, 7) is 3.77. The second kappa shape index (κ2) is 3.92. The van der Waals surface area contributed by atoms with E-state index in [1.54, 1.807) is 7.05 Å². The van der Waals surface area contributed by atoms with E-state index in [0.29, 0.717) is 4.97 Å². The van der Waals surface area contributed by atoms with Gasteiger partial charge in [-0.2, -0.15) is 0 Å². The Morgan fingerprint density at radius 1 is 1.60 bits per heavy atom. The highest BCUT2D eigenvalue weighted by Crippen LogP contribution is 1.93. The van der Waals surface area contributed by atoms with Crippen LogP contribution < -0.4 is 0 Å². The first-order valence-corrected chi connectivity index (χ1v) is 3.03. The lowest BCUT2D eigenvalue weighted by Gasteiger charge is -2.15. The van der Waals surface area contributed by atoms with Crippen molar-refractivity contribution >= 4 is 0 Å². The van der Waals surface area contributed by atoms with Gasteiger partial charge in [-0.05, 0) is 13.8 Å². The maximum absolute atomic E-state index is 10.7. The fourth-order valence-electron chi connectivity index (χ4n) is 0.325. The molecule has 0 saturated heterocycles. The quantitative estimate of drug-likeness (QED) is 0.336. The van der Waals surface area contributed by atoms with Gasteiger partial charge in [0.15, 0.2) is 0 Å². The van der Waals surface area contributed by atoms with E-state index in [4.69, 9.17) is 0 Å². The van der Waals surface area contributed by atoms with Crippen LogP contribution in [0.1, 0.15) is 13.8 Å². The van der Waals surface area contributed by atoms with E-state index >= 15 is 0 Å². The summed E-state index contributed by atoms with van der Waals surface area (Å²) in [5.74, 6) is 0.